The van der Waals surface area contributed by atoms with Crippen molar-refractivity contribution in [3.05, 3.63) is 24.2 Å². The van der Waals surface area contributed by atoms with Crippen LogP contribution in [0.3, 0.4) is 0 Å². The number of aliphatic hydroxyl groups is 1. The second-order valence-electron chi connectivity index (χ2n) is 4.26. The molecule has 3 nitrogen and oxygen atoms in total. The summed E-state index contributed by atoms with van der Waals surface area (Å²) < 4.78 is 5.43. The van der Waals surface area contributed by atoms with Crippen LogP contribution >= 0.6 is 0 Å². The van der Waals surface area contributed by atoms with Crippen LogP contribution in [0, 0.1) is 0 Å². The van der Waals surface area contributed by atoms with Gasteiger partial charge in [0.2, 0.25) is 0 Å². The van der Waals surface area contributed by atoms with Crippen LogP contribution < -0.4 is 0 Å². The molecule has 0 bridgehead atoms. The molecule has 3 heteroatoms. The largest absolute Gasteiger partial charge is 0.469 e. The number of likely N-dealkylation sites (tertiary alicyclic amines) is 1. The van der Waals surface area contributed by atoms with Gasteiger partial charge in [0, 0.05) is 6.54 Å². The topological polar surface area (TPSA) is 36.6 Å². The Bertz CT molecular complexity index is 283. The highest BCUT2D eigenvalue weighted by atomic mass is 16.3. The van der Waals surface area contributed by atoms with Crippen molar-refractivity contribution < 1.29 is 9.52 Å². The van der Waals surface area contributed by atoms with Gasteiger partial charge in [-0.05, 0) is 38.6 Å². The zero-order valence-electron chi connectivity index (χ0n) is 8.57. The minimum absolute atomic E-state index is 0.170. The van der Waals surface area contributed by atoms with Crippen molar-refractivity contribution in [2.24, 2.45) is 0 Å². The normalized spacial score (nSPS) is 29.3. The molecule has 1 saturated heterocycles. The van der Waals surface area contributed by atoms with Gasteiger partial charge in [0.05, 0.1) is 18.3 Å². The van der Waals surface area contributed by atoms with Crippen molar-refractivity contribution in [3.8, 4) is 0 Å². The van der Waals surface area contributed by atoms with Crippen LogP contribution in [-0.4, -0.2) is 36.8 Å². The van der Waals surface area contributed by atoms with Crippen LogP contribution in [0.5, 0.6) is 0 Å². The van der Waals surface area contributed by atoms with Crippen molar-refractivity contribution in [2.75, 3.05) is 26.7 Å². The Kier molecular flexibility index (Phi) is 2.61. The van der Waals surface area contributed by atoms with Crippen LogP contribution in [0.25, 0.3) is 0 Å². The summed E-state index contributed by atoms with van der Waals surface area (Å²) in [5.74, 6) is 0.923. The van der Waals surface area contributed by atoms with Gasteiger partial charge in [0.1, 0.15) is 5.76 Å². The molecular formula is C11H17NO2. The molecule has 2 rings (SSSR count). The number of rotatable bonds is 2. The lowest BCUT2D eigenvalue weighted by Gasteiger charge is -2.38. The highest BCUT2D eigenvalue weighted by Crippen LogP contribution is 2.33. The molecule has 1 fully saturated rings. The average molecular weight is 195 g/mol. The molecular weight excluding hydrogens is 178 g/mol. The smallest absolute Gasteiger partial charge is 0.113 e. The highest BCUT2D eigenvalue weighted by molar-refractivity contribution is 5.16. The van der Waals surface area contributed by atoms with Crippen LogP contribution in [0.2, 0.25) is 0 Å². The van der Waals surface area contributed by atoms with E-state index >= 15 is 0 Å². The second kappa shape index (κ2) is 3.75. The van der Waals surface area contributed by atoms with E-state index in [1.54, 1.807) is 6.26 Å². The van der Waals surface area contributed by atoms with E-state index < -0.39 is 0 Å². The fourth-order valence-corrected chi connectivity index (χ4v) is 2.35. The summed E-state index contributed by atoms with van der Waals surface area (Å²) in [6, 6.07) is 3.86. The molecule has 1 aliphatic heterocycles. The summed E-state index contributed by atoms with van der Waals surface area (Å²) in [5, 5.41) is 9.54. The van der Waals surface area contributed by atoms with Gasteiger partial charge >= 0.3 is 0 Å². The summed E-state index contributed by atoms with van der Waals surface area (Å²) >= 11 is 0. The molecule has 1 atom stereocenters. The number of likely N-dealkylation sites (N-methyl/N-ethyl adjacent to an activating group) is 1. The minimum atomic E-state index is -0.170. The maximum atomic E-state index is 9.54. The molecule has 1 unspecified atom stereocenters. The second-order valence-corrected chi connectivity index (χ2v) is 4.26. The Labute approximate surface area is 84.3 Å². The number of hydrogen-bond acceptors (Lipinski definition) is 3. The van der Waals surface area contributed by atoms with Crippen molar-refractivity contribution >= 4 is 0 Å². The molecule has 0 amide bonds. The maximum Gasteiger partial charge on any atom is 0.113 e. The highest BCUT2D eigenvalue weighted by Gasteiger charge is 2.37. The van der Waals surface area contributed by atoms with Gasteiger partial charge in [-0.15, -0.1) is 0 Å². The number of hydrogen-bond donors (Lipinski definition) is 1. The Balaban J connectivity index is 2.25. The van der Waals surface area contributed by atoms with Gasteiger partial charge in [-0.2, -0.15) is 0 Å². The standard InChI is InChI=1S/C11H17NO2/c1-12-6-3-5-11(8-12,9-13)10-4-2-7-14-10/h2,4,7,13H,3,5-6,8-9H2,1H3. The third kappa shape index (κ3) is 1.57. The van der Waals surface area contributed by atoms with Crippen molar-refractivity contribution in [2.45, 2.75) is 18.3 Å². The van der Waals surface area contributed by atoms with Crippen molar-refractivity contribution in [3.63, 3.8) is 0 Å². The minimum Gasteiger partial charge on any atom is -0.469 e. The van der Waals surface area contributed by atoms with Gasteiger partial charge in [0.25, 0.3) is 0 Å². The Morgan fingerprint density at radius 1 is 1.64 bits per heavy atom. The lowest BCUT2D eigenvalue weighted by Crippen LogP contribution is -2.46. The summed E-state index contributed by atoms with van der Waals surface area (Å²) in [5.41, 5.74) is -0.170. The van der Waals surface area contributed by atoms with Gasteiger partial charge in [-0.3, -0.25) is 0 Å². The van der Waals surface area contributed by atoms with Crippen LogP contribution in [0.1, 0.15) is 18.6 Å². The summed E-state index contributed by atoms with van der Waals surface area (Å²) in [6.45, 7) is 2.17. The Morgan fingerprint density at radius 2 is 2.50 bits per heavy atom. The summed E-state index contributed by atoms with van der Waals surface area (Å²) in [4.78, 5) is 2.25. The molecule has 14 heavy (non-hydrogen) atoms. The van der Waals surface area contributed by atoms with E-state index in [9.17, 15) is 5.11 Å². The predicted molar refractivity (Wildman–Crippen MR) is 54.2 cm³/mol. The number of nitrogens with zero attached hydrogens (tertiary/aromatic N) is 1. The quantitative estimate of drug-likeness (QED) is 0.771. The molecule has 1 aromatic rings. The van der Waals surface area contributed by atoms with Gasteiger partial charge < -0.3 is 14.4 Å². The molecule has 0 aromatic carbocycles. The van der Waals surface area contributed by atoms with E-state index in [4.69, 9.17) is 4.42 Å². The van der Waals surface area contributed by atoms with E-state index in [2.05, 4.69) is 11.9 Å². The number of aliphatic hydroxyl groups excluding tert-OH is 1. The third-order valence-corrected chi connectivity index (χ3v) is 3.11. The SMILES string of the molecule is CN1CCCC(CO)(c2ccco2)C1. The molecule has 0 aliphatic carbocycles. The first-order valence-electron chi connectivity index (χ1n) is 5.10. The molecule has 78 valence electrons. The molecule has 1 N–H and O–H groups in total. The van der Waals surface area contributed by atoms with E-state index in [0.29, 0.717) is 0 Å². The molecule has 0 radical (unpaired) electrons. The Morgan fingerprint density at radius 3 is 3.07 bits per heavy atom. The lowest BCUT2D eigenvalue weighted by molar-refractivity contribution is 0.0880. The van der Waals surface area contributed by atoms with E-state index in [1.165, 1.54) is 0 Å². The Hall–Kier alpha value is -0.800. The lowest BCUT2D eigenvalue weighted by atomic mass is 9.78. The molecule has 1 aromatic heterocycles. The number of furan rings is 1. The van der Waals surface area contributed by atoms with Crippen molar-refractivity contribution in [1.29, 1.82) is 0 Å². The van der Waals surface area contributed by atoms with Gasteiger partial charge in [0.15, 0.2) is 0 Å². The third-order valence-electron chi connectivity index (χ3n) is 3.11. The van der Waals surface area contributed by atoms with E-state index in [0.717, 1.165) is 31.7 Å². The van der Waals surface area contributed by atoms with Crippen LogP contribution in [-0.2, 0) is 5.41 Å². The first-order valence-corrected chi connectivity index (χ1v) is 5.10. The maximum absolute atomic E-state index is 9.54. The molecule has 1 aliphatic rings. The first-order chi connectivity index (χ1) is 6.77. The van der Waals surface area contributed by atoms with Crippen molar-refractivity contribution in [1.82, 2.24) is 4.90 Å². The van der Waals surface area contributed by atoms with Crippen LogP contribution in [0.4, 0.5) is 0 Å². The predicted octanol–water partition coefficient (Wildman–Crippen LogP) is 1.24. The summed E-state index contributed by atoms with van der Waals surface area (Å²) in [7, 11) is 2.09. The number of piperidine rings is 1. The fourth-order valence-electron chi connectivity index (χ4n) is 2.35. The first kappa shape index (κ1) is 9.74. The van der Waals surface area contributed by atoms with Gasteiger partial charge in [-0.25, -0.2) is 0 Å². The molecule has 0 spiro atoms. The molecule has 0 saturated carbocycles. The van der Waals surface area contributed by atoms with E-state index in [-0.39, 0.29) is 12.0 Å². The zero-order chi connectivity index (χ0) is 10.0. The van der Waals surface area contributed by atoms with Gasteiger partial charge in [-0.1, -0.05) is 0 Å². The summed E-state index contributed by atoms with van der Waals surface area (Å²) in [6.07, 6.45) is 3.82. The zero-order valence-corrected chi connectivity index (χ0v) is 8.57. The molecule has 2 heterocycles. The average Bonchev–Trinajstić information content (AvgIpc) is 2.71. The monoisotopic (exact) mass is 195 g/mol. The fraction of sp³-hybridized carbons (Fsp3) is 0.636. The van der Waals surface area contributed by atoms with E-state index in [1.807, 2.05) is 12.1 Å². The van der Waals surface area contributed by atoms with Crippen LogP contribution in [0.15, 0.2) is 22.8 Å².